The van der Waals surface area contributed by atoms with Crippen molar-refractivity contribution >= 4 is 17.9 Å². The van der Waals surface area contributed by atoms with Crippen molar-refractivity contribution < 1.29 is 9.63 Å². The Bertz CT molecular complexity index is 455. The van der Waals surface area contributed by atoms with E-state index in [-0.39, 0.29) is 0 Å². The van der Waals surface area contributed by atoms with Crippen LogP contribution in [0.3, 0.4) is 0 Å². The SMILES string of the molecule is CC(=O)ON=Cc1ccc2c(c1)CCCN2C. The first-order chi connectivity index (χ1) is 8.16. The third-order valence-electron chi connectivity index (χ3n) is 2.84. The van der Waals surface area contributed by atoms with Crippen LogP contribution in [0.25, 0.3) is 0 Å². The van der Waals surface area contributed by atoms with Gasteiger partial charge in [0.05, 0.1) is 6.21 Å². The number of aryl methyl sites for hydroxylation is 1. The first-order valence-corrected chi connectivity index (χ1v) is 5.72. The van der Waals surface area contributed by atoms with Crippen molar-refractivity contribution in [2.24, 2.45) is 5.16 Å². The van der Waals surface area contributed by atoms with Gasteiger partial charge >= 0.3 is 5.97 Å². The molecule has 0 aliphatic carbocycles. The van der Waals surface area contributed by atoms with Crippen LogP contribution in [0.5, 0.6) is 0 Å². The molecule has 2 rings (SSSR count). The van der Waals surface area contributed by atoms with Crippen LogP contribution in [-0.4, -0.2) is 25.8 Å². The maximum Gasteiger partial charge on any atom is 0.331 e. The lowest BCUT2D eigenvalue weighted by molar-refractivity contribution is -0.140. The zero-order valence-electron chi connectivity index (χ0n) is 10.1. The molecule has 0 aromatic heterocycles. The second-order valence-corrected chi connectivity index (χ2v) is 4.23. The van der Waals surface area contributed by atoms with Gasteiger partial charge in [0.2, 0.25) is 0 Å². The normalized spacial score (nSPS) is 14.8. The molecule has 1 heterocycles. The molecule has 1 aliphatic heterocycles. The Morgan fingerprint density at radius 2 is 2.35 bits per heavy atom. The Labute approximate surface area is 101 Å². The fourth-order valence-electron chi connectivity index (χ4n) is 2.05. The Kier molecular flexibility index (Phi) is 3.42. The van der Waals surface area contributed by atoms with Gasteiger partial charge < -0.3 is 9.74 Å². The summed E-state index contributed by atoms with van der Waals surface area (Å²) in [6, 6.07) is 6.16. The molecule has 0 atom stereocenters. The Hall–Kier alpha value is -1.84. The van der Waals surface area contributed by atoms with Gasteiger partial charge in [-0.15, -0.1) is 0 Å². The van der Waals surface area contributed by atoms with E-state index in [2.05, 4.69) is 34.1 Å². The van der Waals surface area contributed by atoms with Crippen molar-refractivity contribution in [3.63, 3.8) is 0 Å². The third kappa shape index (κ3) is 2.84. The molecule has 0 bridgehead atoms. The van der Waals surface area contributed by atoms with Crippen LogP contribution < -0.4 is 4.90 Å². The fraction of sp³-hybridized carbons (Fsp3) is 0.385. The maximum absolute atomic E-state index is 10.6. The van der Waals surface area contributed by atoms with Crippen molar-refractivity contribution in [1.29, 1.82) is 0 Å². The minimum Gasteiger partial charge on any atom is -0.374 e. The van der Waals surface area contributed by atoms with Crippen LogP contribution in [0.4, 0.5) is 5.69 Å². The molecule has 0 saturated carbocycles. The van der Waals surface area contributed by atoms with E-state index in [1.807, 2.05) is 6.07 Å². The number of nitrogens with zero attached hydrogens (tertiary/aromatic N) is 2. The van der Waals surface area contributed by atoms with Crippen molar-refractivity contribution in [2.75, 3.05) is 18.5 Å². The molecule has 90 valence electrons. The lowest BCUT2D eigenvalue weighted by atomic mass is 10.00. The molecule has 0 radical (unpaired) electrons. The highest BCUT2D eigenvalue weighted by Crippen LogP contribution is 2.26. The summed E-state index contributed by atoms with van der Waals surface area (Å²) in [6.07, 6.45) is 3.83. The second kappa shape index (κ2) is 4.99. The molecule has 4 heteroatoms. The lowest BCUT2D eigenvalue weighted by Crippen LogP contribution is -2.24. The van der Waals surface area contributed by atoms with E-state index < -0.39 is 5.97 Å². The minimum atomic E-state index is -0.404. The molecular weight excluding hydrogens is 216 g/mol. The smallest absolute Gasteiger partial charge is 0.331 e. The highest BCUT2D eigenvalue weighted by atomic mass is 16.7. The maximum atomic E-state index is 10.6. The number of carbonyl (C=O) groups is 1. The van der Waals surface area contributed by atoms with Crippen LogP contribution in [0.2, 0.25) is 0 Å². The quantitative estimate of drug-likeness (QED) is 0.445. The molecule has 0 spiro atoms. The molecule has 0 amide bonds. The summed E-state index contributed by atoms with van der Waals surface area (Å²) in [7, 11) is 2.10. The van der Waals surface area contributed by atoms with Gasteiger partial charge in [0.25, 0.3) is 0 Å². The molecule has 4 nitrogen and oxygen atoms in total. The summed E-state index contributed by atoms with van der Waals surface area (Å²) < 4.78 is 0. The first kappa shape index (κ1) is 11.6. The van der Waals surface area contributed by atoms with Gasteiger partial charge in [0, 0.05) is 26.2 Å². The standard InChI is InChI=1S/C13H16N2O2/c1-10(16)17-14-9-11-5-6-13-12(8-11)4-3-7-15(13)2/h5-6,8-9H,3-4,7H2,1-2H3. The number of carbonyl (C=O) groups excluding carboxylic acids is 1. The van der Waals surface area contributed by atoms with E-state index in [1.54, 1.807) is 6.21 Å². The topological polar surface area (TPSA) is 41.9 Å². The zero-order chi connectivity index (χ0) is 12.3. The summed E-state index contributed by atoms with van der Waals surface area (Å²) in [6.45, 7) is 2.44. The van der Waals surface area contributed by atoms with Gasteiger partial charge in [-0.25, -0.2) is 4.79 Å². The van der Waals surface area contributed by atoms with Gasteiger partial charge in [-0.1, -0.05) is 11.2 Å². The van der Waals surface area contributed by atoms with Crippen LogP contribution >= 0.6 is 0 Å². The van der Waals surface area contributed by atoms with Crippen LogP contribution in [0.1, 0.15) is 24.5 Å². The Morgan fingerprint density at radius 3 is 3.12 bits per heavy atom. The van der Waals surface area contributed by atoms with E-state index in [0.717, 1.165) is 18.5 Å². The molecule has 0 fully saturated rings. The zero-order valence-corrected chi connectivity index (χ0v) is 10.1. The fourth-order valence-corrected chi connectivity index (χ4v) is 2.05. The molecule has 1 aromatic rings. The third-order valence-corrected chi connectivity index (χ3v) is 2.84. The first-order valence-electron chi connectivity index (χ1n) is 5.72. The molecule has 17 heavy (non-hydrogen) atoms. The number of anilines is 1. The summed E-state index contributed by atoms with van der Waals surface area (Å²) in [4.78, 5) is 17.4. The summed E-state index contributed by atoms with van der Waals surface area (Å²) >= 11 is 0. The van der Waals surface area contributed by atoms with Gasteiger partial charge in [0.15, 0.2) is 0 Å². The van der Waals surface area contributed by atoms with Gasteiger partial charge in [-0.05, 0) is 36.1 Å². The van der Waals surface area contributed by atoms with Gasteiger partial charge in [0.1, 0.15) is 0 Å². The monoisotopic (exact) mass is 232 g/mol. The Balaban J connectivity index is 2.16. The van der Waals surface area contributed by atoms with E-state index in [9.17, 15) is 4.79 Å². The molecule has 0 N–H and O–H groups in total. The summed E-state index contributed by atoms with van der Waals surface area (Å²) in [5.41, 5.74) is 3.56. The minimum absolute atomic E-state index is 0.404. The highest BCUT2D eigenvalue weighted by Gasteiger charge is 2.12. The van der Waals surface area contributed by atoms with E-state index in [1.165, 1.54) is 24.6 Å². The van der Waals surface area contributed by atoms with Crippen molar-refractivity contribution in [3.05, 3.63) is 29.3 Å². The van der Waals surface area contributed by atoms with E-state index >= 15 is 0 Å². The largest absolute Gasteiger partial charge is 0.374 e. The predicted octanol–water partition coefficient (Wildman–Crippen LogP) is 1.97. The number of hydrogen-bond acceptors (Lipinski definition) is 4. The number of oxime groups is 1. The average Bonchev–Trinajstić information content (AvgIpc) is 2.29. The number of rotatable bonds is 2. The average molecular weight is 232 g/mol. The summed E-state index contributed by atoms with van der Waals surface area (Å²) in [5, 5.41) is 3.62. The number of hydrogen-bond donors (Lipinski definition) is 0. The molecule has 1 aliphatic rings. The Morgan fingerprint density at radius 1 is 1.53 bits per heavy atom. The van der Waals surface area contributed by atoms with Crippen molar-refractivity contribution in [1.82, 2.24) is 0 Å². The highest BCUT2D eigenvalue weighted by molar-refractivity contribution is 5.81. The predicted molar refractivity (Wildman–Crippen MR) is 67.4 cm³/mol. The van der Waals surface area contributed by atoms with Crippen LogP contribution in [-0.2, 0) is 16.1 Å². The van der Waals surface area contributed by atoms with Gasteiger partial charge in [-0.3, -0.25) is 0 Å². The lowest BCUT2D eigenvalue weighted by Gasteiger charge is -2.27. The van der Waals surface area contributed by atoms with Gasteiger partial charge in [-0.2, -0.15) is 0 Å². The van der Waals surface area contributed by atoms with Crippen LogP contribution in [0, 0.1) is 0 Å². The molecule has 1 aromatic carbocycles. The van der Waals surface area contributed by atoms with E-state index in [4.69, 9.17) is 0 Å². The molecular formula is C13H16N2O2. The molecule has 0 unspecified atom stereocenters. The van der Waals surface area contributed by atoms with Crippen LogP contribution in [0.15, 0.2) is 23.4 Å². The number of fused-ring (bicyclic) bond motifs is 1. The van der Waals surface area contributed by atoms with Crippen molar-refractivity contribution in [3.8, 4) is 0 Å². The van der Waals surface area contributed by atoms with Crippen molar-refractivity contribution in [2.45, 2.75) is 19.8 Å². The summed E-state index contributed by atoms with van der Waals surface area (Å²) in [5.74, 6) is -0.404. The number of benzene rings is 1. The second-order valence-electron chi connectivity index (χ2n) is 4.23. The molecule has 0 saturated heterocycles. The van der Waals surface area contributed by atoms with E-state index in [0.29, 0.717) is 0 Å².